The molecule has 10 heteroatoms. The minimum Gasteiger partial charge on any atom is -0.494 e. The lowest BCUT2D eigenvalue weighted by Crippen LogP contribution is -2.49. The normalized spacial score (nSPS) is 23.9. The molecule has 0 heterocycles. The Labute approximate surface area is 261 Å². The zero-order valence-corrected chi connectivity index (χ0v) is 26.6. The van der Waals surface area contributed by atoms with Gasteiger partial charge >= 0.3 is 6.18 Å². The molecule has 2 saturated carbocycles. The minimum absolute atomic E-state index is 0.121. The van der Waals surface area contributed by atoms with E-state index in [4.69, 9.17) is 16.3 Å². The number of hydrogen-bond donors (Lipinski definition) is 1. The van der Waals surface area contributed by atoms with Crippen LogP contribution in [0.1, 0.15) is 87.1 Å². The lowest BCUT2D eigenvalue weighted by Gasteiger charge is -2.45. The van der Waals surface area contributed by atoms with Crippen molar-refractivity contribution in [3.8, 4) is 5.75 Å². The average molecular weight is 640 g/mol. The molecule has 0 radical (unpaired) electrons. The van der Waals surface area contributed by atoms with Crippen molar-refractivity contribution in [1.82, 2.24) is 4.90 Å². The number of amides is 1. The molecule has 5 nitrogen and oxygen atoms in total. The molecule has 2 aliphatic rings. The molecule has 43 heavy (non-hydrogen) atoms. The van der Waals surface area contributed by atoms with Crippen LogP contribution in [0.5, 0.6) is 5.75 Å². The van der Waals surface area contributed by atoms with Crippen molar-refractivity contribution in [2.45, 2.75) is 93.1 Å². The Balaban J connectivity index is 1.28. The first kappa shape index (κ1) is 33.7. The number of ether oxygens (including phenoxy) is 1. The zero-order valence-electron chi connectivity index (χ0n) is 25.0. The minimum atomic E-state index is -5.14. The molecular formula is C33H41ClF3NO4S. The van der Waals surface area contributed by atoms with Gasteiger partial charge in [0.1, 0.15) is 5.75 Å². The number of thioether (sulfide) groups is 1. The van der Waals surface area contributed by atoms with E-state index in [2.05, 4.69) is 0 Å². The molecule has 2 aromatic rings. The molecule has 1 spiro atoms. The summed E-state index contributed by atoms with van der Waals surface area (Å²) in [4.78, 5) is 27.8. The summed E-state index contributed by atoms with van der Waals surface area (Å²) in [5.74, 6) is -0.992. The number of alkyl halides is 3. The van der Waals surface area contributed by atoms with Crippen LogP contribution in [0, 0.1) is 11.3 Å². The fourth-order valence-electron chi connectivity index (χ4n) is 6.55. The van der Waals surface area contributed by atoms with Gasteiger partial charge in [-0.2, -0.15) is 13.2 Å². The highest BCUT2D eigenvalue weighted by molar-refractivity contribution is 8.00. The van der Waals surface area contributed by atoms with Crippen molar-refractivity contribution >= 4 is 35.1 Å². The van der Waals surface area contributed by atoms with Crippen LogP contribution in [-0.4, -0.2) is 53.8 Å². The number of carbonyl (C=O) groups is 2. The highest BCUT2D eigenvalue weighted by Gasteiger charge is 2.60. The second kappa shape index (κ2) is 13.8. The van der Waals surface area contributed by atoms with E-state index in [1.54, 1.807) is 38.8 Å². The molecule has 2 aromatic carbocycles. The summed E-state index contributed by atoms with van der Waals surface area (Å²) in [6.07, 6.45) is 3.00. The Kier molecular flexibility index (Phi) is 10.8. The van der Waals surface area contributed by atoms with Gasteiger partial charge in [0.25, 0.3) is 5.91 Å². The van der Waals surface area contributed by atoms with E-state index >= 15 is 0 Å². The third kappa shape index (κ3) is 7.71. The van der Waals surface area contributed by atoms with Crippen LogP contribution in [0.2, 0.25) is 5.02 Å². The smallest absolute Gasteiger partial charge is 0.428 e. The first-order valence-electron chi connectivity index (χ1n) is 15.0. The predicted molar refractivity (Wildman–Crippen MR) is 164 cm³/mol. The number of rotatable bonds is 10. The SMILES string of the molecule is CCOc1cccc([C@](O)(C(=O)CCC2CCC3(CC2)CCC(Sc2ccc(C(=O)N(C)C)c(Cl)c2)CC3)C(F)(F)F)c1. The highest BCUT2D eigenvalue weighted by Crippen LogP contribution is 2.52. The van der Waals surface area contributed by atoms with Crippen molar-refractivity contribution in [1.29, 1.82) is 0 Å². The molecule has 236 valence electrons. The summed E-state index contributed by atoms with van der Waals surface area (Å²) < 4.78 is 47.6. The van der Waals surface area contributed by atoms with Crippen LogP contribution < -0.4 is 4.74 Å². The van der Waals surface area contributed by atoms with Gasteiger partial charge in [0, 0.05) is 36.2 Å². The lowest BCUT2D eigenvalue weighted by molar-refractivity contribution is -0.256. The van der Waals surface area contributed by atoms with E-state index in [0.29, 0.717) is 22.3 Å². The average Bonchev–Trinajstić information content (AvgIpc) is 2.97. The van der Waals surface area contributed by atoms with Crippen LogP contribution >= 0.6 is 23.4 Å². The van der Waals surface area contributed by atoms with Crippen molar-refractivity contribution in [3.05, 3.63) is 58.6 Å². The lowest BCUT2D eigenvalue weighted by atomic mass is 9.62. The topological polar surface area (TPSA) is 66.8 Å². The second-order valence-corrected chi connectivity index (χ2v) is 14.0. The van der Waals surface area contributed by atoms with Gasteiger partial charge in [-0.25, -0.2) is 0 Å². The number of nitrogens with zero attached hydrogens (tertiary/aromatic N) is 1. The Morgan fingerprint density at radius 1 is 1.05 bits per heavy atom. The third-order valence-corrected chi connectivity index (χ3v) is 10.8. The molecule has 2 fully saturated rings. The fourth-order valence-corrected chi connectivity index (χ4v) is 8.07. The maximum atomic E-state index is 14.1. The van der Waals surface area contributed by atoms with Crippen LogP contribution in [0.25, 0.3) is 0 Å². The monoisotopic (exact) mass is 639 g/mol. The van der Waals surface area contributed by atoms with Gasteiger partial charge in [-0.3, -0.25) is 9.59 Å². The van der Waals surface area contributed by atoms with Crippen LogP contribution in [-0.2, 0) is 10.4 Å². The van der Waals surface area contributed by atoms with Crippen molar-refractivity contribution < 1.29 is 32.6 Å². The summed E-state index contributed by atoms with van der Waals surface area (Å²) in [5, 5.41) is 11.7. The highest BCUT2D eigenvalue weighted by atomic mass is 35.5. The Morgan fingerprint density at radius 2 is 1.70 bits per heavy atom. The molecule has 2 aliphatic carbocycles. The summed E-state index contributed by atoms with van der Waals surface area (Å²) in [6, 6.07) is 10.7. The number of halogens is 4. The van der Waals surface area contributed by atoms with E-state index in [1.807, 2.05) is 12.1 Å². The molecular weight excluding hydrogens is 599 g/mol. The number of ketones is 1. The van der Waals surface area contributed by atoms with Crippen LogP contribution in [0.15, 0.2) is 47.4 Å². The van der Waals surface area contributed by atoms with Gasteiger partial charge < -0.3 is 14.7 Å². The zero-order chi connectivity index (χ0) is 31.4. The molecule has 1 atom stereocenters. The number of benzene rings is 2. The summed E-state index contributed by atoms with van der Waals surface area (Å²) in [7, 11) is 3.40. The molecule has 0 aliphatic heterocycles. The number of aliphatic hydroxyl groups is 1. The van der Waals surface area contributed by atoms with Crippen molar-refractivity contribution in [3.63, 3.8) is 0 Å². The first-order valence-corrected chi connectivity index (χ1v) is 16.3. The summed E-state index contributed by atoms with van der Waals surface area (Å²) in [5.41, 5.74) is -3.31. The third-order valence-electron chi connectivity index (χ3n) is 9.20. The molecule has 0 saturated heterocycles. The molecule has 4 rings (SSSR count). The second-order valence-electron chi connectivity index (χ2n) is 12.2. The predicted octanol–water partition coefficient (Wildman–Crippen LogP) is 8.45. The van der Waals surface area contributed by atoms with Gasteiger partial charge in [0.05, 0.1) is 17.2 Å². The van der Waals surface area contributed by atoms with Gasteiger partial charge in [-0.15, -0.1) is 11.8 Å². The van der Waals surface area contributed by atoms with Gasteiger partial charge in [-0.05, 0) is 106 Å². The Bertz CT molecular complexity index is 1290. The molecule has 1 N–H and O–H groups in total. The van der Waals surface area contributed by atoms with E-state index in [0.717, 1.165) is 68.4 Å². The molecule has 0 aromatic heterocycles. The molecule has 1 amide bonds. The summed E-state index contributed by atoms with van der Waals surface area (Å²) >= 11 is 8.20. The first-order chi connectivity index (χ1) is 20.3. The summed E-state index contributed by atoms with van der Waals surface area (Å²) in [6.45, 7) is 1.97. The molecule has 0 unspecified atom stereocenters. The maximum absolute atomic E-state index is 14.1. The Morgan fingerprint density at radius 3 is 2.28 bits per heavy atom. The van der Waals surface area contributed by atoms with E-state index < -0.39 is 23.1 Å². The van der Waals surface area contributed by atoms with Gasteiger partial charge in [0.2, 0.25) is 5.60 Å². The van der Waals surface area contributed by atoms with Crippen molar-refractivity contribution in [2.24, 2.45) is 11.3 Å². The maximum Gasteiger partial charge on any atom is 0.428 e. The fraction of sp³-hybridized carbons (Fsp3) is 0.576. The van der Waals surface area contributed by atoms with Gasteiger partial charge in [0.15, 0.2) is 5.78 Å². The van der Waals surface area contributed by atoms with Gasteiger partial charge in [-0.1, -0.05) is 23.7 Å². The number of hydrogen-bond acceptors (Lipinski definition) is 5. The number of Topliss-reactive ketones (excluding diaryl/α,β-unsaturated/α-hetero) is 1. The van der Waals surface area contributed by atoms with Crippen molar-refractivity contribution in [2.75, 3.05) is 20.7 Å². The quantitative estimate of drug-likeness (QED) is 0.283. The van der Waals surface area contributed by atoms with E-state index in [-0.39, 0.29) is 36.0 Å². The van der Waals surface area contributed by atoms with E-state index in [9.17, 15) is 27.9 Å². The molecule has 0 bridgehead atoms. The van der Waals surface area contributed by atoms with Crippen LogP contribution in [0.4, 0.5) is 13.2 Å². The Hall–Kier alpha value is -2.23. The number of carbonyl (C=O) groups excluding carboxylic acids is 2. The largest absolute Gasteiger partial charge is 0.494 e. The van der Waals surface area contributed by atoms with E-state index in [1.165, 1.54) is 17.0 Å². The van der Waals surface area contributed by atoms with Crippen LogP contribution in [0.3, 0.4) is 0 Å². The standard InChI is InChI=1S/C33H41ClF3NO4S/c1-4-42-24-7-5-6-23(20-24)32(41,33(35,36)37)29(39)11-8-22-12-16-31(17-13-22)18-14-25(15-19-31)43-26-9-10-27(28(34)21-26)30(40)38(2)3/h5-7,9-10,20-22,25,41H,4,8,11-19H2,1-3H3/t22?,25?,31?,32-/m0/s1.